The Morgan fingerprint density at radius 3 is 2.58 bits per heavy atom. The highest BCUT2D eigenvalue weighted by molar-refractivity contribution is 5.90. The maximum Gasteiger partial charge on any atom is 0.153 e. The molecule has 120 valence electrons. The topological polar surface area (TPSA) is 77.2 Å². The van der Waals surface area contributed by atoms with Crippen LogP contribution >= 0.6 is 0 Å². The van der Waals surface area contributed by atoms with Crippen molar-refractivity contribution in [2.24, 2.45) is 0 Å². The number of nitrogens with one attached hydrogen (secondary N) is 1. The van der Waals surface area contributed by atoms with E-state index in [0.29, 0.717) is 22.8 Å². The second kappa shape index (κ2) is 6.83. The minimum Gasteiger partial charge on any atom is -0.495 e. The molecule has 0 aliphatic rings. The lowest BCUT2D eigenvalue weighted by atomic mass is 10.00. The third-order valence-corrected chi connectivity index (χ3v) is 3.69. The van der Waals surface area contributed by atoms with Gasteiger partial charge in [-0.2, -0.15) is 0 Å². The molecule has 24 heavy (non-hydrogen) atoms. The molecule has 0 unspecified atom stereocenters. The fourth-order valence-electron chi connectivity index (χ4n) is 2.56. The summed E-state index contributed by atoms with van der Waals surface area (Å²) in [7, 11) is 1.55. The molecule has 0 amide bonds. The Bertz CT molecular complexity index is 878. The van der Waals surface area contributed by atoms with Crippen LogP contribution in [0.15, 0.2) is 60.8 Å². The average molecular weight is 319 g/mol. The summed E-state index contributed by atoms with van der Waals surface area (Å²) < 4.78 is 5.45. The summed E-state index contributed by atoms with van der Waals surface area (Å²) >= 11 is 0. The van der Waals surface area contributed by atoms with Gasteiger partial charge in [-0.15, -0.1) is 0 Å². The first-order chi connectivity index (χ1) is 11.7. The number of nitrogens with two attached hydrogens (primary N) is 1. The van der Waals surface area contributed by atoms with Gasteiger partial charge in [0.1, 0.15) is 5.75 Å². The molecule has 0 aliphatic heterocycles. The molecule has 0 spiro atoms. The molecule has 3 N–H and O–H groups in total. The number of aromatic nitrogens is 1. The first-order valence-corrected chi connectivity index (χ1v) is 7.43. The van der Waals surface area contributed by atoms with Gasteiger partial charge in [0, 0.05) is 23.0 Å². The van der Waals surface area contributed by atoms with E-state index in [2.05, 4.69) is 10.3 Å². The smallest absolute Gasteiger partial charge is 0.153 e. The molecule has 0 radical (unpaired) electrons. The Labute approximate surface area is 140 Å². The van der Waals surface area contributed by atoms with Crippen LogP contribution in [0.1, 0.15) is 10.4 Å². The zero-order chi connectivity index (χ0) is 16.9. The van der Waals surface area contributed by atoms with E-state index in [9.17, 15) is 4.79 Å². The van der Waals surface area contributed by atoms with Crippen LogP contribution in [-0.4, -0.2) is 18.4 Å². The van der Waals surface area contributed by atoms with Crippen molar-refractivity contribution in [3.8, 4) is 16.9 Å². The molecule has 1 aromatic heterocycles. The molecule has 5 nitrogen and oxygen atoms in total. The van der Waals surface area contributed by atoms with Crippen molar-refractivity contribution in [3.63, 3.8) is 0 Å². The lowest BCUT2D eigenvalue weighted by Crippen LogP contribution is -2.01. The number of nitrogens with zero attached hydrogens (tertiary/aromatic N) is 1. The monoisotopic (exact) mass is 319 g/mol. The number of pyridine rings is 1. The lowest BCUT2D eigenvalue weighted by Gasteiger charge is -2.16. The SMILES string of the molecule is COc1c(C=O)cccc1-c1ccccc1Nc1ncccc1N. The summed E-state index contributed by atoms with van der Waals surface area (Å²) in [6.45, 7) is 0. The van der Waals surface area contributed by atoms with Crippen LogP contribution in [-0.2, 0) is 0 Å². The molecule has 0 atom stereocenters. The van der Waals surface area contributed by atoms with Gasteiger partial charge in [0.05, 0.1) is 18.4 Å². The molecule has 0 saturated carbocycles. The summed E-state index contributed by atoms with van der Waals surface area (Å²) in [6, 6.07) is 16.7. The van der Waals surface area contributed by atoms with Crippen LogP contribution in [0.2, 0.25) is 0 Å². The maximum atomic E-state index is 11.3. The van der Waals surface area contributed by atoms with E-state index in [0.717, 1.165) is 23.1 Å². The fourth-order valence-corrected chi connectivity index (χ4v) is 2.56. The Balaban J connectivity index is 2.11. The number of benzene rings is 2. The van der Waals surface area contributed by atoms with E-state index in [1.165, 1.54) is 0 Å². The summed E-state index contributed by atoms with van der Waals surface area (Å²) in [5.74, 6) is 1.12. The number of ether oxygens (including phenoxy) is 1. The first-order valence-electron chi connectivity index (χ1n) is 7.43. The minimum atomic E-state index is 0.502. The molecular formula is C19H17N3O2. The highest BCUT2D eigenvalue weighted by Gasteiger charge is 2.14. The van der Waals surface area contributed by atoms with Crippen molar-refractivity contribution in [1.29, 1.82) is 0 Å². The van der Waals surface area contributed by atoms with Gasteiger partial charge in [-0.05, 0) is 24.3 Å². The fraction of sp³-hybridized carbons (Fsp3) is 0.0526. The highest BCUT2D eigenvalue weighted by atomic mass is 16.5. The van der Waals surface area contributed by atoms with Gasteiger partial charge in [0.15, 0.2) is 12.1 Å². The Morgan fingerprint density at radius 1 is 1.04 bits per heavy atom. The second-order valence-corrected chi connectivity index (χ2v) is 5.16. The number of anilines is 3. The molecule has 5 heteroatoms. The average Bonchev–Trinajstić information content (AvgIpc) is 2.63. The van der Waals surface area contributed by atoms with E-state index < -0.39 is 0 Å². The second-order valence-electron chi connectivity index (χ2n) is 5.16. The van der Waals surface area contributed by atoms with Crippen LogP contribution in [0.3, 0.4) is 0 Å². The normalized spacial score (nSPS) is 10.2. The van der Waals surface area contributed by atoms with Crippen molar-refractivity contribution in [2.75, 3.05) is 18.2 Å². The van der Waals surface area contributed by atoms with Gasteiger partial charge in [-0.25, -0.2) is 4.98 Å². The van der Waals surface area contributed by atoms with E-state index in [-0.39, 0.29) is 0 Å². The van der Waals surface area contributed by atoms with Crippen LogP contribution in [0.5, 0.6) is 5.75 Å². The predicted molar refractivity (Wildman–Crippen MR) is 95.7 cm³/mol. The van der Waals surface area contributed by atoms with Gasteiger partial charge in [-0.3, -0.25) is 4.79 Å². The standard InChI is InChI=1S/C19H17N3O2/c1-24-18-13(12-23)6-4-8-15(18)14-7-2-3-10-17(14)22-19-16(20)9-5-11-21-19/h2-12H,20H2,1H3,(H,21,22). The van der Waals surface area contributed by atoms with E-state index >= 15 is 0 Å². The Kier molecular flexibility index (Phi) is 4.43. The van der Waals surface area contributed by atoms with E-state index in [1.807, 2.05) is 36.4 Å². The number of carbonyl (C=O) groups excluding carboxylic acids is 1. The highest BCUT2D eigenvalue weighted by Crippen LogP contribution is 2.37. The molecule has 0 fully saturated rings. The molecule has 0 aliphatic carbocycles. The molecule has 1 heterocycles. The molecule has 3 rings (SSSR count). The maximum absolute atomic E-state index is 11.3. The Morgan fingerprint density at radius 2 is 1.83 bits per heavy atom. The summed E-state index contributed by atoms with van der Waals surface area (Å²) in [5.41, 5.74) is 9.56. The summed E-state index contributed by atoms with van der Waals surface area (Å²) in [4.78, 5) is 15.5. The van der Waals surface area contributed by atoms with Gasteiger partial charge in [0.2, 0.25) is 0 Å². The lowest BCUT2D eigenvalue weighted by molar-refractivity contribution is 0.112. The number of hydrogen-bond acceptors (Lipinski definition) is 5. The van der Waals surface area contributed by atoms with Gasteiger partial charge in [0.25, 0.3) is 0 Å². The first kappa shape index (κ1) is 15.6. The largest absolute Gasteiger partial charge is 0.495 e. The molecule has 2 aromatic carbocycles. The summed E-state index contributed by atoms with van der Waals surface area (Å²) in [6.07, 6.45) is 2.46. The molecular weight excluding hydrogens is 302 g/mol. The number of hydrogen-bond donors (Lipinski definition) is 2. The minimum absolute atomic E-state index is 0.502. The number of aldehydes is 1. The zero-order valence-corrected chi connectivity index (χ0v) is 13.2. The quantitative estimate of drug-likeness (QED) is 0.698. The third-order valence-electron chi connectivity index (χ3n) is 3.69. The Hall–Kier alpha value is -3.34. The molecule has 0 saturated heterocycles. The van der Waals surface area contributed by atoms with Crippen molar-refractivity contribution in [2.45, 2.75) is 0 Å². The van der Waals surface area contributed by atoms with Crippen LogP contribution < -0.4 is 15.8 Å². The van der Waals surface area contributed by atoms with Crippen molar-refractivity contribution in [3.05, 3.63) is 66.4 Å². The van der Waals surface area contributed by atoms with Crippen LogP contribution in [0.25, 0.3) is 11.1 Å². The van der Waals surface area contributed by atoms with Crippen molar-refractivity contribution >= 4 is 23.5 Å². The predicted octanol–water partition coefficient (Wildman–Crippen LogP) is 3.90. The number of rotatable bonds is 5. The van der Waals surface area contributed by atoms with Crippen LogP contribution in [0, 0.1) is 0 Å². The number of para-hydroxylation sites is 2. The zero-order valence-electron chi connectivity index (χ0n) is 13.2. The van der Waals surface area contributed by atoms with Crippen molar-refractivity contribution in [1.82, 2.24) is 4.98 Å². The van der Waals surface area contributed by atoms with E-state index in [4.69, 9.17) is 10.5 Å². The number of carbonyl (C=O) groups is 1. The third kappa shape index (κ3) is 2.92. The van der Waals surface area contributed by atoms with E-state index in [1.54, 1.807) is 31.5 Å². The van der Waals surface area contributed by atoms with Gasteiger partial charge >= 0.3 is 0 Å². The van der Waals surface area contributed by atoms with Crippen molar-refractivity contribution < 1.29 is 9.53 Å². The van der Waals surface area contributed by atoms with Gasteiger partial charge in [-0.1, -0.05) is 30.3 Å². The molecule has 0 bridgehead atoms. The van der Waals surface area contributed by atoms with Gasteiger partial charge < -0.3 is 15.8 Å². The summed E-state index contributed by atoms with van der Waals surface area (Å²) in [5, 5.41) is 3.25. The number of methoxy groups -OCH3 is 1. The molecule has 3 aromatic rings. The number of nitrogen functional groups attached to an aromatic ring is 1. The van der Waals surface area contributed by atoms with Crippen LogP contribution in [0.4, 0.5) is 17.2 Å².